The zero-order valence-electron chi connectivity index (χ0n) is 13.9. The van der Waals surface area contributed by atoms with E-state index in [9.17, 15) is 4.79 Å². The Labute approximate surface area is 130 Å². The third-order valence-electron chi connectivity index (χ3n) is 4.97. The molecule has 21 heavy (non-hydrogen) atoms. The van der Waals surface area contributed by atoms with Crippen LogP contribution in [-0.2, 0) is 4.79 Å². The van der Waals surface area contributed by atoms with E-state index in [0.29, 0.717) is 5.91 Å². The van der Waals surface area contributed by atoms with Gasteiger partial charge in [0.2, 0.25) is 5.91 Å². The zero-order valence-corrected chi connectivity index (χ0v) is 13.9. The number of carbonyl (C=O) groups excluding carboxylic acids is 1. The summed E-state index contributed by atoms with van der Waals surface area (Å²) in [5.74, 6) is 1.93. The van der Waals surface area contributed by atoms with Crippen LogP contribution < -0.4 is 5.32 Å². The topological polar surface area (TPSA) is 35.6 Å². The van der Waals surface area contributed by atoms with Gasteiger partial charge < -0.3 is 10.2 Å². The van der Waals surface area contributed by atoms with Gasteiger partial charge in [0, 0.05) is 32.6 Å². The molecule has 0 aromatic heterocycles. The van der Waals surface area contributed by atoms with Crippen molar-refractivity contribution in [1.29, 1.82) is 0 Å². The second-order valence-corrected chi connectivity index (χ2v) is 7.14. The molecule has 4 nitrogen and oxygen atoms in total. The average molecular weight is 295 g/mol. The lowest BCUT2D eigenvalue weighted by Gasteiger charge is -2.35. The fourth-order valence-electron chi connectivity index (χ4n) is 3.32. The summed E-state index contributed by atoms with van der Waals surface area (Å²) in [4.78, 5) is 16.9. The molecular weight excluding hydrogens is 262 g/mol. The van der Waals surface area contributed by atoms with Crippen LogP contribution in [0.25, 0.3) is 0 Å². The lowest BCUT2D eigenvalue weighted by atomic mass is 9.93. The first-order valence-electron chi connectivity index (χ1n) is 8.86. The van der Waals surface area contributed by atoms with Crippen molar-refractivity contribution < 1.29 is 4.79 Å². The SMILES string of the molecule is CC(C)CCN1CCN(C(=O)CCC2CCNCC2)CC1. The van der Waals surface area contributed by atoms with Crippen LogP contribution >= 0.6 is 0 Å². The monoisotopic (exact) mass is 295 g/mol. The predicted molar refractivity (Wildman–Crippen MR) is 87.3 cm³/mol. The molecule has 122 valence electrons. The minimum atomic E-state index is 0.386. The summed E-state index contributed by atoms with van der Waals surface area (Å²) < 4.78 is 0. The second-order valence-electron chi connectivity index (χ2n) is 7.14. The van der Waals surface area contributed by atoms with E-state index in [0.717, 1.165) is 63.9 Å². The highest BCUT2D eigenvalue weighted by Gasteiger charge is 2.22. The van der Waals surface area contributed by atoms with Crippen molar-refractivity contribution in [2.45, 2.75) is 46.0 Å². The van der Waals surface area contributed by atoms with E-state index >= 15 is 0 Å². The molecule has 0 aromatic carbocycles. The smallest absolute Gasteiger partial charge is 0.222 e. The summed E-state index contributed by atoms with van der Waals surface area (Å²) in [7, 11) is 0. The molecule has 0 aromatic rings. The van der Waals surface area contributed by atoms with Crippen LogP contribution in [0.2, 0.25) is 0 Å². The maximum absolute atomic E-state index is 12.3. The Morgan fingerprint density at radius 2 is 1.81 bits per heavy atom. The number of nitrogens with one attached hydrogen (secondary N) is 1. The first kappa shape index (κ1) is 16.8. The molecule has 0 saturated carbocycles. The Kier molecular flexibility index (Phi) is 6.97. The van der Waals surface area contributed by atoms with Crippen molar-refractivity contribution in [3.63, 3.8) is 0 Å². The summed E-state index contributed by atoms with van der Waals surface area (Å²) >= 11 is 0. The van der Waals surface area contributed by atoms with E-state index in [4.69, 9.17) is 0 Å². The number of nitrogens with zero attached hydrogens (tertiary/aromatic N) is 2. The molecule has 2 rings (SSSR count). The highest BCUT2D eigenvalue weighted by atomic mass is 16.2. The minimum Gasteiger partial charge on any atom is -0.340 e. The van der Waals surface area contributed by atoms with E-state index in [1.54, 1.807) is 0 Å². The Morgan fingerprint density at radius 1 is 1.14 bits per heavy atom. The molecule has 0 aliphatic carbocycles. The standard InChI is InChI=1S/C17H33N3O/c1-15(2)7-10-19-11-13-20(14-12-19)17(21)4-3-16-5-8-18-9-6-16/h15-16,18H,3-14H2,1-2H3. The zero-order chi connectivity index (χ0) is 15.1. The average Bonchev–Trinajstić information content (AvgIpc) is 2.52. The van der Waals surface area contributed by atoms with Gasteiger partial charge in [0.05, 0.1) is 0 Å². The maximum atomic E-state index is 12.3. The van der Waals surface area contributed by atoms with E-state index in [1.165, 1.54) is 25.8 Å². The molecule has 1 N–H and O–H groups in total. The fraction of sp³-hybridized carbons (Fsp3) is 0.941. The van der Waals surface area contributed by atoms with Crippen LogP contribution in [0.5, 0.6) is 0 Å². The number of carbonyl (C=O) groups is 1. The van der Waals surface area contributed by atoms with Gasteiger partial charge in [-0.2, -0.15) is 0 Å². The first-order chi connectivity index (χ1) is 10.1. The molecular formula is C17H33N3O. The molecule has 0 bridgehead atoms. The second kappa shape index (κ2) is 8.74. The van der Waals surface area contributed by atoms with Crippen molar-refractivity contribution in [1.82, 2.24) is 15.1 Å². The van der Waals surface area contributed by atoms with Crippen LogP contribution in [0.3, 0.4) is 0 Å². The highest BCUT2D eigenvalue weighted by Crippen LogP contribution is 2.18. The van der Waals surface area contributed by atoms with Crippen molar-refractivity contribution >= 4 is 5.91 Å². The number of rotatable bonds is 6. The molecule has 2 aliphatic heterocycles. The summed E-state index contributed by atoms with van der Waals surface area (Å²) in [6, 6.07) is 0. The van der Waals surface area contributed by atoms with Gasteiger partial charge in [0.25, 0.3) is 0 Å². The summed E-state index contributed by atoms with van der Waals surface area (Å²) in [5.41, 5.74) is 0. The lowest BCUT2D eigenvalue weighted by Crippen LogP contribution is -2.49. The van der Waals surface area contributed by atoms with Gasteiger partial charge in [-0.05, 0) is 57.2 Å². The largest absolute Gasteiger partial charge is 0.340 e. The van der Waals surface area contributed by atoms with Crippen LogP contribution in [0.4, 0.5) is 0 Å². The molecule has 0 spiro atoms. The van der Waals surface area contributed by atoms with E-state index < -0.39 is 0 Å². The molecule has 0 unspecified atom stereocenters. The van der Waals surface area contributed by atoms with E-state index in [2.05, 4.69) is 29.0 Å². The predicted octanol–water partition coefficient (Wildman–Crippen LogP) is 1.96. The first-order valence-corrected chi connectivity index (χ1v) is 8.86. The minimum absolute atomic E-state index is 0.386. The van der Waals surface area contributed by atoms with Crippen LogP contribution in [0.1, 0.15) is 46.0 Å². The fourth-order valence-corrected chi connectivity index (χ4v) is 3.32. The van der Waals surface area contributed by atoms with Gasteiger partial charge in [0.1, 0.15) is 0 Å². The molecule has 0 atom stereocenters. The highest BCUT2D eigenvalue weighted by molar-refractivity contribution is 5.76. The van der Waals surface area contributed by atoms with Gasteiger partial charge in [-0.3, -0.25) is 9.69 Å². The summed E-state index contributed by atoms with van der Waals surface area (Å²) in [6.07, 6.45) is 5.61. The van der Waals surface area contributed by atoms with Crippen molar-refractivity contribution in [2.75, 3.05) is 45.8 Å². The van der Waals surface area contributed by atoms with E-state index in [1.807, 2.05) is 0 Å². The van der Waals surface area contributed by atoms with Gasteiger partial charge in [-0.15, -0.1) is 0 Å². The summed E-state index contributed by atoms with van der Waals surface area (Å²) in [5, 5.41) is 3.39. The summed E-state index contributed by atoms with van der Waals surface area (Å²) in [6.45, 7) is 12.0. The molecule has 2 fully saturated rings. The van der Waals surface area contributed by atoms with Crippen LogP contribution in [-0.4, -0.2) is 61.5 Å². The van der Waals surface area contributed by atoms with Crippen molar-refractivity contribution in [2.24, 2.45) is 11.8 Å². The normalized spacial score (nSPS) is 22.0. The Hall–Kier alpha value is -0.610. The van der Waals surface area contributed by atoms with Gasteiger partial charge >= 0.3 is 0 Å². The number of amides is 1. The Balaban J connectivity index is 1.61. The number of piperazine rings is 1. The molecule has 2 heterocycles. The number of piperidine rings is 1. The van der Waals surface area contributed by atoms with Gasteiger partial charge in [-0.1, -0.05) is 13.8 Å². The maximum Gasteiger partial charge on any atom is 0.222 e. The lowest BCUT2D eigenvalue weighted by molar-refractivity contribution is -0.133. The quantitative estimate of drug-likeness (QED) is 0.813. The Bertz CT molecular complexity index is 305. The number of hydrogen-bond acceptors (Lipinski definition) is 3. The molecule has 0 radical (unpaired) electrons. The molecule has 2 saturated heterocycles. The van der Waals surface area contributed by atoms with E-state index in [-0.39, 0.29) is 0 Å². The molecule has 1 amide bonds. The van der Waals surface area contributed by atoms with Crippen LogP contribution in [0, 0.1) is 11.8 Å². The van der Waals surface area contributed by atoms with Crippen LogP contribution in [0.15, 0.2) is 0 Å². The third kappa shape index (κ3) is 5.95. The van der Waals surface area contributed by atoms with Gasteiger partial charge in [-0.25, -0.2) is 0 Å². The third-order valence-corrected chi connectivity index (χ3v) is 4.97. The number of hydrogen-bond donors (Lipinski definition) is 1. The molecule has 2 aliphatic rings. The van der Waals surface area contributed by atoms with Crippen molar-refractivity contribution in [3.05, 3.63) is 0 Å². The van der Waals surface area contributed by atoms with Crippen molar-refractivity contribution in [3.8, 4) is 0 Å². The van der Waals surface area contributed by atoms with Gasteiger partial charge in [0.15, 0.2) is 0 Å². The Morgan fingerprint density at radius 3 is 2.43 bits per heavy atom. The molecule has 4 heteroatoms.